The van der Waals surface area contributed by atoms with E-state index in [4.69, 9.17) is 0 Å². The van der Waals surface area contributed by atoms with E-state index in [-0.39, 0.29) is 21.7 Å². The van der Waals surface area contributed by atoms with Gasteiger partial charge in [-0.3, -0.25) is 4.79 Å². The van der Waals surface area contributed by atoms with Gasteiger partial charge in [0.05, 0.1) is 33.9 Å². The summed E-state index contributed by atoms with van der Waals surface area (Å²) in [6.07, 6.45) is 3.73. The summed E-state index contributed by atoms with van der Waals surface area (Å²) < 4.78 is 57.0. The summed E-state index contributed by atoms with van der Waals surface area (Å²) in [6, 6.07) is 4.92. The van der Waals surface area contributed by atoms with Crippen LogP contribution in [0.3, 0.4) is 0 Å². The maximum Gasteiger partial charge on any atom is 0.291 e. The second kappa shape index (κ2) is 8.64. The fourth-order valence-electron chi connectivity index (χ4n) is 4.41. The number of nitriles is 1. The summed E-state index contributed by atoms with van der Waals surface area (Å²) in [5.74, 6) is 0.245. The lowest BCUT2D eigenvalue weighted by Crippen LogP contribution is -2.36. The monoisotopic (exact) mass is 545 g/mol. The van der Waals surface area contributed by atoms with Crippen molar-refractivity contribution in [1.82, 2.24) is 29.4 Å². The van der Waals surface area contributed by atoms with Crippen LogP contribution in [0, 0.1) is 17.2 Å². The zero-order valence-corrected chi connectivity index (χ0v) is 21.0. The maximum atomic E-state index is 13.3. The minimum atomic E-state index is -4.09. The molecule has 3 aliphatic rings. The highest BCUT2D eigenvalue weighted by Crippen LogP contribution is 2.38. The summed E-state index contributed by atoms with van der Waals surface area (Å²) in [5, 5.41) is 21.0. The SMILES string of the molecule is N#CC1(NS(=O)(=O)c2cc(C3=CCN(C(=O)C4CC4)CC3)n3ncc(-c4nnc(C(F)F)s4)c3c2)CC1. The molecular formula is C23H21F2N7O3S2. The Labute approximate surface area is 214 Å². The Hall–Kier alpha value is -3.28. The van der Waals surface area contributed by atoms with Crippen molar-refractivity contribution in [3.8, 4) is 16.6 Å². The van der Waals surface area contributed by atoms with E-state index in [2.05, 4.69) is 20.0 Å². The van der Waals surface area contributed by atoms with E-state index in [1.165, 1.54) is 18.3 Å². The molecule has 10 nitrogen and oxygen atoms in total. The van der Waals surface area contributed by atoms with Crippen LogP contribution >= 0.6 is 11.3 Å². The van der Waals surface area contributed by atoms with Gasteiger partial charge in [-0.25, -0.2) is 21.7 Å². The Morgan fingerprint density at radius 3 is 2.65 bits per heavy atom. The molecule has 0 unspecified atom stereocenters. The Morgan fingerprint density at radius 2 is 2.05 bits per heavy atom. The van der Waals surface area contributed by atoms with Gasteiger partial charge < -0.3 is 4.90 Å². The van der Waals surface area contributed by atoms with E-state index in [1.807, 2.05) is 12.1 Å². The fourth-order valence-corrected chi connectivity index (χ4v) is 6.54. The van der Waals surface area contributed by atoms with Crippen molar-refractivity contribution < 1.29 is 22.0 Å². The van der Waals surface area contributed by atoms with Crippen molar-refractivity contribution in [1.29, 1.82) is 5.26 Å². The van der Waals surface area contributed by atoms with E-state index in [0.29, 0.717) is 60.5 Å². The molecule has 37 heavy (non-hydrogen) atoms. The minimum absolute atomic E-state index is 0.0748. The van der Waals surface area contributed by atoms with E-state index in [0.717, 1.165) is 18.4 Å². The number of hydrogen-bond donors (Lipinski definition) is 1. The molecule has 0 bridgehead atoms. The highest BCUT2D eigenvalue weighted by Gasteiger charge is 2.47. The second-order valence-corrected chi connectivity index (χ2v) is 12.2. The molecule has 2 fully saturated rings. The molecule has 1 N–H and O–H groups in total. The molecule has 1 amide bonds. The molecule has 4 heterocycles. The van der Waals surface area contributed by atoms with Gasteiger partial charge in [0, 0.05) is 19.0 Å². The molecule has 0 atom stereocenters. The molecule has 2 aliphatic carbocycles. The number of fused-ring (bicyclic) bond motifs is 1. The number of sulfonamides is 1. The number of hydrogen-bond acceptors (Lipinski definition) is 8. The zero-order chi connectivity index (χ0) is 25.9. The standard InChI is InChI=1S/C23H21F2N7O3S2/c24-19(25)21-29-28-20(36-21)16-11-27-32-17(13-3-7-31(8-4-13)22(33)14-1-2-14)9-15(10-18(16)32)37(34,35)30-23(12-26)5-6-23/h3,9-11,14,19,30H,1-2,4-8H2. The summed E-state index contributed by atoms with van der Waals surface area (Å²) in [4.78, 5) is 14.2. The third-order valence-corrected chi connectivity index (χ3v) is 9.31. The average Bonchev–Trinajstić information content (AvgIpc) is 3.78. The Morgan fingerprint density at radius 1 is 1.27 bits per heavy atom. The summed E-state index contributed by atoms with van der Waals surface area (Å²) in [5.41, 5.74) is 0.916. The van der Waals surface area contributed by atoms with Gasteiger partial charge in [0.2, 0.25) is 15.9 Å². The van der Waals surface area contributed by atoms with Crippen molar-refractivity contribution >= 4 is 38.4 Å². The average molecular weight is 546 g/mol. The largest absolute Gasteiger partial charge is 0.338 e. The molecule has 6 rings (SSSR count). The van der Waals surface area contributed by atoms with Crippen LogP contribution in [0.1, 0.15) is 49.2 Å². The van der Waals surface area contributed by atoms with Gasteiger partial charge in [-0.1, -0.05) is 17.4 Å². The zero-order valence-electron chi connectivity index (χ0n) is 19.4. The Bertz CT molecular complexity index is 1600. The van der Waals surface area contributed by atoms with Crippen molar-refractivity contribution in [2.24, 2.45) is 5.92 Å². The molecule has 1 aliphatic heterocycles. The van der Waals surface area contributed by atoms with Gasteiger partial charge in [-0.2, -0.15) is 15.1 Å². The van der Waals surface area contributed by atoms with Gasteiger partial charge in [0.15, 0.2) is 10.0 Å². The molecule has 0 saturated heterocycles. The first-order chi connectivity index (χ1) is 17.7. The number of amides is 1. The van der Waals surface area contributed by atoms with Crippen molar-refractivity contribution in [3.05, 3.63) is 35.1 Å². The molecule has 0 radical (unpaired) electrons. The number of halogens is 2. The van der Waals surface area contributed by atoms with Crippen molar-refractivity contribution in [3.63, 3.8) is 0 Å². The quantitative estimate of drug-likeness (QED) is 0.482. The third-order valence-electron chi connectivity index (χ3n) is 6.83. The molecule has 0 spiro atoms. The van der Waals surface area contributed by atoms with Crippen LogP contribution in [0.4, 0.5) is 8.78 Å². The van der Waals surface area contributed by atoms with Gasteiger partial charge in [-0.05, 0) is 49.8 Å². The van der Waals surface area contributed by atoms with Crippen molar-refractivity contribution in [2.75, 3.05) is 13.1 Å². The van der Waals surface area contributed by atoms with E-state index in [9.17, 15) is 27.3 Å². The summed E-state index contributed by atoms with van der Waals surface area (Å²) >= 11 is 0.712. The minimum Gasteiger partial charge on any atom is -0.338 e. The molecule has 0 aromatic carbocycles. The molecule has 192 valence electrons. The van der Waals surface area contributed by atoms with Gasteiger partial charge in [0.1, 0.15) is 5.54 Å². The van der Waals surface area contributed by atoms with Gasteiger partial charge >= 0.3 is 0 Å². The van der Waals surface area contributed by atoms with Crippen LogP contribution in [0.15, 0.2) is 29.3 Å². The number of nitrogens with one attached hydrogen (secondary N) is 1. The fraction of sp³-hybridized carbons (Fsp3) is 0.435. The van der Waals surface area contributed by atoms with Crippen LogP contribution in [0.5, 0.6) is 0 Å². The highest BCUT2D eigenvalue weighted by molar-refractivity contribution is 7.89. The normalized spacial score (nSPS) is 19.2. The number of alkyl halides is 2. The first-order valence-electron chi connectivity index (χ1n) is 11.8. The summed E-state index contributed by atoms with van der Waals surface area (Å²) in [7, 11) is -4.09. The van der Waals surface area contributed by atoms with E-state index >= 15 is 0 Å². The summed E-state index contributed by atoms with van der Waals surface area (Å²) in [6.45, 7) is 0.902. The molecule has 3 aromatic rings. The number of nitrogens with zero attached hydrogens (tertiary/aromatic N) is 6. The number of aromatic nitrogens is 4. The molecule has 2 saturated carbocycles. The van der Waals surface area contributed by atoms with Crippen LogP contribution in [-0.2, 0) is 14.8 Å². The van der Waals surface area contributed by atoms with Crippen LogP contribution in [-0.4, -0.2) is 57.7 Å². The predicted octanol–water partition coefficient (Wildman–Crippen LogP) is 3.15. The van der Waals surface area contributed by atoms with Gasteiger partial charge in [-0.15, -0.1) is 10.2 Å². The topological polar surface area (TPSA) is 133 Å². The van der Waals surface area contributed by atoms with Crippen molar-refractivity contribution in [2.45, 2.75) is 49.0 Å². The number of carbonyl (C=O) groups is 1. The van der Waals surface area contributed by atoms with Crippen LogP contribution in [0.25, 0.3) is 21.7 Å². The highest BCUT2D eigenvalue weighted by atomic mass is 32.2. The molecule has 3 aromatic heterocycles. The molecule has 14 heteroatoms. The first-order valence-corrected chi connectivity index (χ1v) is 14.1. The van der Waals surface area contributed by atoms with Crippen LogP contribution < -0.4 is 4.72 Å². The smallest absolute Gasteiger partial charge is 0.291 e. The Kier molecular flexibility index (Phi) is 5.62. The lowest BCUT2D eigenvalue weighted by molar-refractivity contribution is -0.132. The lowest BCUT2D eigenvalue weighted by Gasteiger charge is -2.27. The third kappa shape index (κ3) is 4.41. The second-order valence-electron chi connectivity index (χ2n) is 9.52. The first kappa shape index (κ1) is 24.1. The number of pyridine rings is 1. The van der Waals surface area contributed by atoms with E-state index < -0.39 is 27.0 Å². The number of carbonyl (C=O) groups excluding carboxylic acids is 1. The lowest BCUT2D eigenvalue weighted by atomic mass is 10.0. The molecular weight excluding hydrogens is 524 g/mol. The van der Waals surface area contributed by atoms with Crippen LogP contribution in [0.2, 0.25) is 0 Å². The predicted molar refractivity (Wildman–Crippen MR) is 129 cm³/mol. The van der Waals surface area contributed by atoms with Gasteiger partial charge in [0.25, 0.3) is 6.43 Å². The number of rotatable bonds is 7. The Balaban J connectivity index is 1.45. The maximum absolute atomic E-state index is 13.3. The van der Waals surface area contributed by atoms with E-state index in [1.54, 1.807) is 9.42 Å².